The number of rotatable bonds is 3. The Kier molecular flexibility index (Phi) is 4.17. The van der Waals surface area contributed by atoms with E-state index in [1.807, 2.05) is 19.9 Å². The molecule has 0 fully saturated rings. The molecule has 0 spiro atoms. The van der Waals surface area contributed by atoms with Gasteiger partial charge in [-0.1, -0.05) is 22.9 Å². The van der Waals surface area contributed by atoms with E-state index < -0.39 is 0 Å². The minimum absolute atomic E-state index is 0.297. The summed E-state index contributed by atoms with van der Waals surface area (Å²) >= 11 is 3.51. The first-order chi connectivity index (χ1) is 6.99. The van der Waals surface area contributed by atoms with Crippen molar-refractivity contribution in [1.82, 2.24) is 0 Å². The van der Waals surface area contributed by atoms with Gasteiger partial charge >= 0.3 is 0 Å². The average molecular weight is 272 g/mol. The fourth-order valence-electron chi connectivity index (χ4n) is 1.88. The summed E-state index contributed by atoms with van der Waals surface area (Å²) < 4.78 is 1.05. The Morgan fingerprint density at radius 2 is 2.07 bits per heavy atom. The second-order valence-corrected chi connectivity index (χ2v) is 4.90. The molecule has 0 radical (unpaired) electrons. The van der Waals surface area contributed by atoms with Gasteiger partial charge in [-0.15, -0.1) is 0 Å². The molecule has 0 saturated carbocycles. The molecule has 84 valence electrons. The topological polar surface area (TPSA) is 46.2 Å². The van der Waals surface area contributed by atoms with E-state index in [1.54, 1.807) is 0 Å². The molecule has 1 atom stereocenters. The zero-order valence-corrected chi connectivity index (χ0v) is 11.1. The lowest BCUT2D eigenvalue weighted by atomic mass is 9.91. The smallest absolute Gasteiger partial charge is 0.122 e. The van der Waals surface area contributed by atoms with Gasteiger partial charge in [0.05, 0.1) is 0 Å². The molecular formula is C12H18BrNO. The van der Waals surface area contributed by atoms with Crippen molar-refractivity contribution in [2.45, 2.75) is 33.1 Å². The number of phenolic OH excluding ortho intramolecular Hbond substituents is 1. The second-order valence-electron chi connectivity index (χ2n) is 4.04. The molecular weight excluding hydrogens is 254 g/mol. The molecule has 0 aliphatic rings. The minimum Gasteiger partial charge on any atom is -0.507 e. The van der Waals surface area contributed by atoms with Crippen LogP contribution in [0.3, 0.4) is 0 Å². The maximum atomic E-state index is 10.0. The van der Waals surface area contributed by atoms with Gasteiger partial charge in [-0.05, 0) is 49.9 Å². The van der Waals surface area contributed by atoms with Crippen LogP contribution in [0, 0.1) is 13.8 Å². The highest BCUT2D eigenvalue weighted by molar-refractivity contribution is 9.10. The molecule has 0 aromatic heterocycles. The van der Waals surface area contributed by atoms with Crippen molar-refractivity contribution in [1.29, 1.82) is 0 Å². The van der Waals surface area contributed by atoms with Crippen LogP contribution < -0.4 is 5.73 Å². The lowest BCUT2D eigenvalue weighted by molar-refractivity contribution is 0.455. The SMILES string of the molecule is Cc1cc(Br)c(C)c(C(C)CCN)c1O. The molecule has 0 aliphatic carbocycles. The number of halogens is 1. The Balaban J connectivity index is 3.26. The fraction of sp³-hybridized carbons (Fsp3) is 0.500. The van der Waals surface area contributed by atoms with Gasteiger partial charge in [-0.25, -0.2) is 0 Å². The van der Waals surface area contributed by atoms with Crippen LogP contribution in [0.25, 0.3) is 0 Å². The number of benzene rings is 1. The highest BCUT2D eigenvalue weighted by Crippen LogP contribution is 2.37. The normalized spacial score (nSPS) is 12.9. The molecule has 1 rings (SSSR count). The van der Waals surface area contributed by atoms with Crippen molar-refractivity contribution < 1.29 is 5.11 Å². The van der Waals surface area contributed by atoms with Crippen LogP contribution in [-0.4, -0.2) is 11.7 Å². The van der Waals surface area contributed by atoms with Crippen molar-refractivity contribution in [2.75, 3.05) is 6.54 Å². The summed E-state index contributed by atoms with van der Waals surface area (Å²) in [6.07, 6.45) is 0.893. The summed E-state index contributed by atoms with van der Waals surface area (Å²) in [6.45, 7) is 6.68. The maximum absolute atomic E-state index is 10.0. The predicted molar refractivity (Wildman–Crippen MR) is 67.4 cm³/mol. The third kappa shape index (κ3) is 2.52. The van der Waals surface area contributed by atoms with Gasteiger partial charge in [0.25, 0.3) is 0 Å². The summed E-state index contributed by atoms with van der Waals surface area (Å²) in [5, 5.41) is 10.0. The summed E-state index contributed by atoms with van der Waals surface area (Å²) in [4.78, 5) is 0. The van der Waals surface area contributed by atoms with Crippen LogP contribution in [0.4, 0.5) is 0 Å². The van der Waals surface area contributed by atoms with Gasteiger partial charge < -0.3 is 10.8 Å². The van der Waals surface area contributed by atoms with Gasteiger partial charge in [-0.2, -0.15) is 0 Å². The van der Waals surface area contributed by atoms with E-state index in [1.165, 1.54) is 0 Å². The second kappa shape index (κ2) is 4.99. The summed E-state index contributed by atoms with van der Waals surface area (Å²) in [6, 6.07) is 1.95. The lowest BCUT2D eigenvalue weighted by Gasteiger charge is -2.18. The highest BCUT2D eigenvalue weighted by atomic mass is 79.9. The number of aryl methyl sites for hydroxylation is 1. The van der Waals surface area contributed by atoms with E-state index in [0.29, 0.717) is 18.2 Å². The van der Waals surface area contributed by atoms with E-state index >= 15 is 0 Å². The van der Waals surface area contributed by atoms with E-state index in [9.17, 15) is 5.11 Å². The number of phenols is 1. The molecule has 0 aliphatic heterocycles. The summed E-state index contributed by atoms with van der Waals surface area (Å²) in [7, 11) is 0. The number of aromatic hydroxyl groups is 1. The van der Waals surface area contributed by atoms with E-state index in [-0.39, 0.29) is 0 Å². The van der Waals surface area contributed by atoms with Gasteiger partial charge in [0.15, 0.2) is 0 Å². The largest absolute Gasteiger partial charge is 0.507 e. The molecule has 1 aromatic carbocycles. The molecule has 2 nitrogen and oxygen atoms in total. The minimum atomic E-state index is 0.297. The van der Waals surface area contributed by atoms with Crippen molar-refractivity contribution >= 4 is 15.9 Å². The molecule has 0 bridgehead atoms. The van der Waals surface area contributed by atoms with Crippen molar-refractivity contribution in [3.8, 4) is 5.75 Å². The standard InChI is InChI=1S/C12H18BrNO/c1-7(4-5-14)11-9(3)10(13)6-8(2)12(11)15/h6-7,15H,4-5,14H2,1-3H3. The Hall–Kier alpha value is -0.540. The Labute approximate surface area is 99.6 Å². The van der Waals surface area contributed by atoms with Crippen molar-refractivity contribution in [2.24, 2.45) is 5.73 Å². The van der Waals surface area contributed by atoms with Gasteiger partial charge in [0.1, 0.15) is 5.75 Å². The summed E-state index contributed by atoms with van der Waals surface area (Å²) in [5.41, 5.74) is 8.59. The van der Waals surface area contributed by atoms with Crippen molar-refractivity contribution in [3.05, 3.63) is 27.2 Å². The van der Waals surface area contributed by atoms with Crippen LogP contribution in [0.2, 0.25) is 0 Å². The molecule has 15 heavy (non-hydrogen) atoms. The molecule has 1 unspecified atom stereocenters. The van der Waals surface area contributed by atoms with E-state index in [0.717, 1.165) is 27.6 Å². The van der Waals surface area contributed by atoms with Gasteiger partial charge in [0, 0.05) is 10.0 Å². The third-order valence-corrected chi connectivity index (χ3v) is 3.65. The first-order valence-corrected chi connectivity index (χ1v) is 5.97. The number of hydrogen-bond donors (Lipinski definition) is 2. The van der Waals surface area contributed by atoms with Gasteiger partial charge in [0.2, 0.25) is 0 Å². The number of hydrogen-bond acceptors (Lipinski definition) is 2. The fourth-order valence-corrected chi connectivity index (χ4v) is 2.44. The Bertz CT molecular complexity index is 337. The monoisotopic (exact) mass is 271 g/mol. The van der Waals surface area contributed by atoms with Crippen LogP contribution in [0.1, 0.15) is 36.0 Å². The summed E-state index contributed by atoms with van der Waals surface area (Å²) in [5.74, 6) is 0.711. The first kappa shape index (κ1) is 12.5. The van der Waals surface area contributed by atoms with Crippen molar-refractivity contribution in [3.63, 3.8) is 0 Å². The van der Waals surface area contributed by atoms with E-state index in [4.69, 9.17) is 5.73 Å². The Morgan fingerprint density at radius 3 is 2.60 bits per heavy atom. The van der Waals surface area contributed by atoms with E-state index in [2.05, 4.69) is 22.9 Å². The maximum Gasteiger partial charge on any atom is 0.122 e. The molecule has 3 N–H and O–H groups in total. The third-order valence-electron chi connectivity index (χ3n) is 2.83. The number of nitrogens with two attached hydrogens (primary N) is 1. The predicted octanol–water partition coefficient (Wildman–Crippen LogP) is 3.22. The van der Waals surface area contributed by atoms with Gasteiger partial charge in [-0.3, -0.25) is 0 Å². The molecule has 0 saturated heterocycles. The molecule has 1 aromatic rings. The van der Waals surface area contributed by atoms with Crippen LogP contribution in [0.5, 0.6) is 5.75 Å². The molecule has 3 heteroatoms. The first-order valence-electron chi connectivity index (χ1n) is 5.17. The average Bonchev–Trinajstić information content (AvgIpc) is 2.16. The molecule has 0 amide bonds. The lowest BCUT2D eigenvalue weighted by Crippen LogP contribution is -2.06. The van der Waals surface area contributed by atoms with Crippen LogP contribution in [-0.2, 0) is 0 Å². The van der Waals surface area contributed by atoms with Crippen LogP contribution >= 0.6 is 15.9 Å². The Morgan fingerprint density at radius 1 is 1.47 bits per heavy atom. The zero-order chi connectivity index (χ0) is 11.6. The van der Waals surface area contributed by atoms with Crippen LogP contribution in [0.15, 0.2) is 10.5 Å². The molecule has 0 heterocycles. The highest BCUT2D eigenvalue weighted by Gasteiger charge is 2.16. The quantitative estimate of drug-likeness (QED) is 0.887. The zero-order valence-electron chi connectivity index (χ0n) is 9.47.